The molecule has 0 aliphatic carbocycles. The first-order chi connectivity index (χ1) is 48.1. The van der Waals surface area contributed by atoms with Crippen molar-refractivity contribution in [3.63, 3.8) is 0 Å². The smallest absolute Gasteiger partial charge is 0.255 e. The number of aromatic nitrogens is 8. The molecule has 9 aromatic rings. The topological polar surface area (TPSA) is 259 Å². The zero-order valence-electron chi connectivity index (χ0n) is 54.1. The van der Waals surface area contributed by atoms with Gasteiger partial charge in [0.2, 0.25) is 34.7 Å². The lowest BCUT2D eigenvalue weighted by Crippen LogP contribution is -2.34. The molecule has 3 fully saturated rings. The Kier molecular flexibility index (Phi) is 22.5. The Morgan fingerprint density at radius 1 is 0.444 bits per heavy atom. The maximum atomic E-state index is 14.1. The monoisotopic (exact) mass is 1330 g/mol. The van der Waals surface area contributed by atoms with E-state index in [4.69, 9.17) is 48.1 Å². The lowest BCUT2D eigenvalue weighted by atomic mass is 9.97. The van der Waals surface area contributed by atoms with Gasteiger partial charge in [0, 0.05) is 95.2 Å². The van der Waals surface area contributed by atoms with E-state index in [1.165, 1.54) is 27.7 Å². The lowest BCUT2D eigenvalue weighted by molar-refractivity contribution is -0.124. The van der Waals surface area contributed by atoms with Crippen molar-refractivity contribution in [3.8, 4) is 70.4 Å². The van der Waals surface area contributed by atoms with Crippen LogP contribution >= 0.6 is 0 Å². The van der Waals surface area contributed by atoms with Crippen LogP contribution in [-0.4, -0.2) is 135 Å². The highest BCUT2D eigenvalue weighted by Gasteiger charge is 2.44. The van der Waals surface area contributed by atoms with E-state index < -0.39 is 72.1 Å². The Hall–Kier alpha value is -12.7. The van der Waals surface area contributed by atoms with Crippen LogP contribution in [0.2, 0.25) is 0 Å². The van der Waals surface area contributed by atoms with Gasteiger partial charge in [-0.1, -0.05) is 50.4 Å². The van der Waals surface area contributed by atoms with Crippen molar-refractivity contribution >= 4 is 67.1 Å². The maximum Gasteiger partial charge on any atom is 0.255 e. The van der Waals surface area contributed by atoms with Crippen LogP contribution in [0.1, 0.15) is 73.5 Å². The van der Waals surface area contributed by atoms with Crippen molar-refractivity contribution in [2.75, 3.05) is 41.2 Å². The van der Waals surface area contributed by atoms with Gasteiger partial charge in [0.25, 0.3) is 17.7 Å². The SMILES string of the molecule is [C-]#[N+]c1cc2c(C#Cc3cccnc3)cnc(OC[C@H]3NC(=O)[C@@H](F)[C@H]3CC)c2cc1OC.[C-]#[N+]c1cc2c(C#Cc3cnccn3)cnc(OC[C@H]3NC(=O)[C@@H](F)[C@H]3CC)c2cc1OC.[C-]#[N+]c1cc2c(C#Cc3cncnc3)cnc(OC[C@H]3NC(=O)[C@@H](F)[C@H]3CC)c2cc1OC. The molecule has 0 unspecified atom stereocenters. The van der Waals surface area contributed by atoms with Crippen molar-refractivity contribution in [1.82, 2.24) is 55.8 Å². The first-order valence-corrected chi connectivity index (χ1v) is 31.0. The van der Waals surface area contributed by atoms with E-state index in [2.05, 4.69) is 106 Å². The molecule has 3 aliphatic rings. The Morgan fingerprint density at radius 3 is 1.16 bits per heavy atom. The summed E-state index contributed by atoms with van der Waals surface area (Å²) in [7, 11) is 4.43. The fourth-order valence-electron chi connectivity index (χ4n) is 11.4. The summed E-state index contributed by atoms with van der Waals surface area (Å²) < 4.78 is 76.2. The average molecular weight is 1340 g/mol. The van der Waals surface area contributed by atoms with Gasteiger partial charge >= 0.3 is 0 Å². The predicted molar refractivity (Wildman–Crippen MR) is 358 cm³/mol. The fraction of sp³-hybridized carbons (Fsp3) is 0.288. The molecule has 99 heavy (non-hydrogen) atoms. The number of ether oxygens (including phenoxy) is 6. The number of halogens is 3. The van der Waals surface area contributed by atoms with E-state index >= 15 is 0 Å². The van der Waals surface area contributed by atoms with Gasteiger partial charge in [-0.3, -0.25) is 24.4 Å². The number of amides is 3. The number of methoxy groups -OCH3 is 3. The van der Waals surface area contributed by atoms with Crippen LogP contribution in [0, 0.1) is 73.0 Å². The molecule has 0 spiro atoms. The second-order valence-corrected chi connectivity index (χ2v) is 22.4. The largest absolute Gasteiger partial charge is 0.508 e. The zero-order valence-corrected chi connectivity index (χ0v) is 54.1. The zero-order chi connectivity index (χ0) is 70.1. The number of nitrogens with one attached hydrogen (secondary N) is 3. The van der Waals surface area contributed by atoms with E-state index in [1.807, 2.05) is 26.8 Å². The van der Waals surface area contributed by atoms with Crippen LogP contribution in [0.25, 0.3) is 46.9 Å². The molecule has 0 radical (unpaired) electrons. The van der Waals surface area contributed by atoms with Crippen molar-refractivity contribution in [2.45, 2.75) is 76.7 Å². The van der Waals surface area contributed by atoms with Gasteiger partial charge in [-0.2, -0.15) is 0 Å². The Balaban J connectivity index is 0.000000161. The van der Waals surface area contributed by atoms with E-state index in [0.717, 1.165) is 5.56 Å². The third kappa shape index (κ3) is 15.7. The summed E-state index contributed by atoms with van der Waals surface area (Å²) in [5.74, 6) is 16.8. The Labute approximate surface area is 567 Å². The van der Waals surface area contributed by atoms with Gasteiger partial charge in [0.1, 0.15) is 49.1 Å². The molecule has 3 saturated heterocycles. The van der Waals surface area contributed by atoms with Crippen LogP contribution in [0.15, 0.2) is 117 Å². The molecule has 498 valence electrons. The standard InChI is InChI=1S/C25H21FN4O3.2C24H20FN5O3/c1-4-17-21(30-24(31)23(17)26)14-33-25-19-11-22(32-3)20(27-2)10-18(19)16(13-29-25)8-7-15-6-5-9-28-12-15;1-4-16-20(30-23(31)22(16)25)12-33-24-18-8-21(32-3)19(26-2)7-17(18)15(11-29-24)6-5-14-9-27-13-28-10-14;1-4-16-20(30-23(31)22(16)25)13-33-24-18-10-21(32-3)19(26-2)9-17(18)14(11-29-24)5-6-15-12-27-7-8-28-15/h5-6,9-13,17,21,23H,4,14H2,1,3H3,(H,30,31);7-11,13,16,20,22H,4,12H2,1,3H3,(H,30,31);7-12,16,20,22H,4,13H2,1,3H3,(H,30,31)/t17-,21+,23-;2*16-,20+,22-/m000/s1. The van der Waals surface area contributed by atoms with Crippen LogP contribution in [-0.2, 0) is 14.4 Å². The van der Waals surface area contributed by atoms with Gasteiger partial charge in [0.15, 0.2) is 18.5 Å². The van der Waals surface area contributed by atoms with Crippen LogP contribution in [0.4, 0.5) is 30.2 Å². The van der Waals surface area contributed by atoms with Crippen LogP contribution in [0.5, 0.6) is 34.9 Å². The minimum absolute atomic E-state index is 0.0598. The molecule has 26 heteroatoms. The average Bonchev–Trinajstić information content (AvgIpc) is 1.47. The molecule has 0 saturated carbocycles. The number of pyridine rings is 4. The lowest BCUT2D eigenvalue weighted by Gasteiger charge is -2.19. The van der Waals surface area contributed by atoms with Crippen molar-refractivity contribution in [3.05, 3.63) is 185 Å². The summed E-state index contributed by atoms with van der Waals surface area (Å²) in [5, 5.41) is 11.7. The summed E-state index contributed by atoms with van der Waals surface area (Å²) in [4.78, 5) is 79.1. The number of hydrogen-bond acceptors (Lipinski definition) is 17. The predicted octanol–water partition coefficient (Wildman–Crippen LogP) is 10.3. The van der Waals surface area contributed by atoms with Gasteiger partial charge in [-0.05, 0) is 89.9 Å². The molecule has 23 nitrogen and oxygen atoms in total. The third-order valence-corrected chi connectivity index (χ3v) is 16.6. The number of nitrogens with zero attached hydrogens (tertiary/aromatic N) is 11. The molecule has 12 rings (SSSR count). The quantitative estimate of drug-likeness (QED) is 0.0637. The first kappa shape index (κ1) is 69.2. The van der Waals surface area contributed by atoms with Gasteiger partial charge in [-0.25, -0.2) is 57.6 Å². The summed E-state index contributed by atoms with van der Waals surface area (Å²) in [5.41, 5.74) is 4.61. The summed E-state index contributed by atoms with van der Waals surface area (Å²) in [6.45, 7) is 28.1. The highest BCUT2D eigenvalue weighted by atomic mass is 19.1. The molecule has 9 atom stereocenters. The number of fused-ring (bicyclic) bond motifs is 3. The third-order valence-electron chi connectivity index (χ3n) is 16.6. The summed E-state index contributed by atoms with van der Waals surface area (Å²) in [6, 6.07) is 12.3. The number of benzene rings is 3. The minimum Gasteiger partial charge on any atom is -0.508 e. The summed E-state index contributed by atoms with van der Waals surface area (Å²) >= 11 is 0. The second-order valence-electron chi connectivity index (χ2n) is 22.4. The van der Waals surface area contributed by atoms with E-state index in [0.29, 0.717) is 114 Å². The molecule has 3 N–H and O–H groups in total. The summed E-state index contributed by atoms with van der Waals surface area (Å²) in [6.07, 6.45) is 14.1. The normalized spacial score (nSPS) is 19.3. The molecule has 3 amide bonds. The van der Waals surface area contributed by atoms with Crippen molar-refractivity contribution in [1.29, 1.82) is 0 Å². The Bertz CT molecular complexity index is 4370. The molecule has 0 bridgehead atoms. The number of carbonyl (C=O) groups is 3. The Morgan fingerprint density at radius 2 is 0.818 bits per heavy atom. The maximum absolute atomic E-state index is 14.1. The van der Waals surface area contributed by atoms with E-state index in [9.17, 15) is 27.6 Å². The number of hydrogen-bond donors (Lipinski definition) is 3. The fourth-order valence-corrected chi connectivity index (χ4v) is 11.4. The highest BCUT2D eigenvalue weighted by Crippen LogP contribution is 2.41. The van der Waals surface area contributed by atoms with Crippen molar-refractivity contribution < 1.29 is 56.0 Å². The number of alkyl halides is 3. The van der Waals surface area contributed by atoms with Gasteiger partial charge in [0.05, 0.1) is 87.6 Å². The van der Waals surface area contributed by atoms with E-state index in [1.54, 1.807) is 104 Å². The van der Waals surface area contributed by atoms with Crippen LogP contribution in [0.3, 0.4) is 0 Å². The van der Waals surface area contributed by atoms with Crippen LogP contribution < -0.4 is 44.4 Å². The number of carbonyl (C=O) groups excluding carboxylic acids is 3. The van der Waals surface area contributed by atoms with Gasteiger partial charge in [-0.15, -0.1) is 0 Å². The minimum atomic E-state index is -1.55. The molecule has 3 aliphatic heterocycles. The molecular weight excluding hydrogens is 1270 g/mol. The molecule has 9 heterocycles. The second kappa shape index (κ2) is 32.2. The van der Waals surface area contributed by atoms with Gasteiger partial charge < -0.3 is 44.4 Å². The molecule has 6 aromatic heterocycles. The number of rotatable bonds is 15. The van der Waals surface area contributed by atoms with E-state index in [-0.39, 0.29) is 37.5 Å². The molecule has 3 aromatic carbocycles. The molecular formula is C73H61F3N14O9. The van der Waals surface area contributed by atoms with Crippen molar-refractivity contribution in [2.24, 2.45) is 17.8 Å². The first-order valence-electron chi connectivity index (χ1n) is 31.0. The highest BCUT2D eigenvalue weighted by molar-refractivity contribution is 5.99.